The molecule has 5 atom stereocenters. The van der Waals surface area contributed by atoms with Crippen molar-refractivity contribution in [3.8, 4) is 0 Å². The van der Waals surface area contributed by atoms with E-state index in [9.17, 15) is 19.6 Å². The van der Waals surface area contributed by atoms with Gasteiger partial charge in [0.15, 0.2) is 17.4 Å². The smallest absolute Gasteiger partial charge is 0.387 e. The molecular formula is C16H23N4O9P. The van der Waals surface area contributed by atoms with Crippen LogP contribution in [-0.2, 0) is 25.0 Å². The number of nitrogens with zero attached hydrogens (tertiary/aromatic N) is 3. The molecule has 0 aromatic carbocycles. The quantitative estimate of drug-likeness (QED) is 0.327. The lowest BCUT2D eigenvalue weighted by Crippen LogP contribution is -2.33. The lowest BCUT2D eigenvalue weighted by atomic mass is 10.1. The van der Waals surface area contributed by atoms with Crippen molar-refractivity contribution < 1.29 is 38.6 Å². The molecule has 30 heavy (non-hydrogen) atoms. The SMILES string of the molecule is O=c1[nH]c(CCC2CCCO2)nc2c1ncn2[C@@H]1O[C@H](COP(=O)(O)O)[C@@H](O)[C@H]1O. The number of hydrogen-bond donors (Lipinski definition) is 5. The second-order valence-electron chi connectivity index (χ2n) is 7.34. The molecule has 2 aromatic rings. The predicted molar refractivity (Wildman–Crippen MR) is 99.4 cm³/mol. The molecule has 2 fully saturated rings. The van der Waals surface area contributed by atoms with Gasteiger partial charge in [-0.1, -0.05) is 0 Å². The Morgan fingerprint density at radius 3 is 2.83 bits per heavy atom. The number of phosphoric acid groups is 1. The molecule has 0 saturated carbocycles. The summed E-state index contributed by atoms with van der Waals surface area (Å²) in [5, 5.41) is 20.5. The largest absolute Gasteiger partial charge is 0.469 e. The van der Waals surface area contributed by atoms with Crippen LogP contribution >= 0.6 is 7.82 Å². The van der Waals surface area contributed by atoms with Gasteiger partial charge in [-0.25, -0.2) is 14.5 Å². The minimum absolute atomic E-state index is 0.0380. The van der Waals surface area contributed by atoms with Crippen molar-refractivity contribution >= 4 is 19.0 Å². The average molecular weight is 446 g/mol. The fourth-order valence-corrected chi connectivity index (χ4v) is 4.05. The molecule has 14 heteroatoms. The molecule has 0 radical (unpaired) electrons. The second kappa shape index (κ2) is 8.44. The van der Waals surface area contributed by atoms with Gasteiger partial charge in [-0.2, -0.15) is 0 Å². The molecule has 4 heterocycles. The number of phosphoric ester groups is 1. The Hall–Kier alpha value is -1.70. The van der Waals surface area contributed by atoms with E-state index < -0.39 is 44.5 Å². The first-order chi connectivity index (χ1) is 14.2. The van der Waals surface area contributed by atoms with Crippen molar-refractivity contribution in [1.82, 2.24) is 19.5 Å². The summed E-state index contributed by atoms with van der Waals surface area (Å²) in [6, 6.07) is 0. The van der Waals surface area contributed by atoms with Crippen LogP contribution in [0.3, 0.4) is 0 Å². The van der Waals surface area contributed by atoms with Crippen molar-refractivity contribution in [2.75, 3.05) is 13.2 Å². The van der Waals surface area contributed by atoms with E-state index in [0.29, 0.717) is 18.7 Å². The minimum atomic E-state index is -4.77. The van der Waals surface area contributed by atoms with E-state index in [-0.39, 0.29) is 17.3 Å². The summed E-state index contributed by atoms with van der Waals surface area (Å²) in [6.07, 6.45) is -0.766. The molecule has 0 bridgehead atoms. The summed E-state index contributed by atoms with van der Waals surface area (Å²) < 4.78 is 27.7. The normalized spacial score (nSPS) is 29.8. The monoisotopic (exact) mass is 446 g/mol. The van der Waals surface area contributed by atoms with E-state index >= 15 is 0 Å². The van der Waals surface area contributed by atoms with E-state index in [1.165, 1.54) is 10.9 Å². The molecule has 2 aliphatic heterocycles. The lowest BCUT2D eigenvalue weighted by molar-refractivity contribution is -0.0504. The summed E-state index contributed by atoms with van der Waals surface area (Å²) in [4.78, 5) is 41.2. The summed E-state index contributed by atoms with van der Waals surface area (Å²) in [7, 11) is -4.77. The number of aromatic amines is 1. The third kappa shape index (κ3) is 4.48. The maximum atomic E-state index is 12.4. The van der Waals surface area contributed by atoms with Crippen LogP contribution in [0.1, 0.15) is 31.3 Å². The van der Waals surface area contributed by atoms with Crippen molar-refractivity contribution in [3.05, 3.63) is 22.5 Å². The number of imidazole rings is 1. The van der Waals surface area contributed by atoms with Crippen LogP contribution in [0.5, 0.6) is 0 Å². The molecule has 0 amide bonds. The van der Waals surface area contributed by atoms with E-state index in [2.05, 4.69) is 19.5 Å². The van der Waals surface area contributed by atoms with Crippen LogP contribution < -0.4 is 5.56 Å². The second-order valence-corrected chi connectivity index (χ2v) is 8.58. The topological polar surface area (TPSA) is 189 Å². The number of aryl methyl sites for hydroxylation is 1. The molecule has 0 aliphatic carbocycles. The van der Waals surface area contributed by atoms with Crippen LogP contribution in [-0.4, -0.2) is 77.1 Å². The Kier molecular flexibility index (Phi) is 6.06. The third-order valence-corrected chi connectivity index (χ3v) is 5.71. The van der Waals surface area contributed by atoms with Gasteiger partial charge in [-0.05, 0) is 19.3 Å². The van der Waals surface area contributed by atoms with E-state index in [0.717, 1.165) is 19.4 Å². The maximum Gasteiger partial charge on any atom is 0.469 e. The van der Waals surface area contributed by atoms with Crippen LogP contribution in [0.4, 0.5) is 0 Å². The number of fused-ring (bicyclic) bond motifs is 1. The zero-order valence-electron chi connectivity index (χ0n) is 15.8. The fraction of sp³-hybridized carbons (Fsp3) is 0.688. The predicted octanol–water partition coefficient (Wildman–Crippen LogP) is -1.04. The highest BCUT2D eigenvalue weighted by molar-refractivity contribution is 7.46. The van der Waals surface area contributed by atoms with Crippen molar-refractivity contribution in [2.45, 2.75) is 56.3 Å². The Bertz CT molecular complexity index is 998. The van der Waals surface area contributed by atoms with E-state index in [4.69, 9.17) is 19.3 Å². The van der Waals surface area contributed by atoms with Crippen molar-refractivity contribution in [2.24, 2.45) is 0 Å². The summed E-state index contributed by atoms with van der Waals surface area (Å²) >= 11 is 0. The van der Waals surface area contributed by atoms with Gasteiger partial charge in [0.05, 0.1) is 19.0 Å². The number of aromatic nitrogens is 4. The zero-order valence-corrected chi connectivity index (χ0v) is 16.7. The third-order valence-electron chi connectivity index (χ3n) is 5.23. The Balaban J connectivity index is 1.55. The van der Waals surface area contributed by atoms with Gasteiger partial charge < -0.3 is 34.5 Å². The number of hydrogen-bond acceptors (Lipinski definition) is 9. The number of H-pyrrole nitrogens is 1. The molecule has 13 nitrogen and oxygen atoms in total. The van der Waals surface area contributed by atoms with Crippen molar-refractivity contribution in [3.63, 3.8) is 0 Å². The molecule has 2 saturated heterocycles. The van der Waals surface area contributed by atoms with Gasteiger partial charge in [-0.3, -0.25) is 13.9 Å². The van der Waals surface area contributed by atoms with Gasteiger partial charge in [0.25, 0.3) is 5.56 Å². The van der Waals surface area contributed by atoms with E-state index in [1.54, 1.807) is 0 Å². The van der Waals surface area contributed by atoms with Crippen LogP contribution in [0, 0.1) is 0 Å². The van der Waals surface area contributed by atoms with Gasteiger partial charge >= 0.3 is 7.82 Å². The Morgan fingerprint density at radius 2 is 2.13 bits per heavy atom. The average Bonchev–Trinajstić information content (AvgIpc) is 3.40. The highest BCUT2D eigenvalue weighted by Crippen LogP contribution is 2.38. The van der Waals surface area contributed by atoms with Gasteiger partial charge in [0.2, 0.25) is 0 Å². The number of rotatable bonds is 7. The molecule has 1 unspecified atom stereocenters. The van der Waals surface area contributed by atoms with E-state index in [1.807, 2.05) is 0 Å². The lowest BCUT2D eigenvalue weighted by Gasteiger charge is -2.17. The number of aliphatic hydroxyl groups excluding tert-OH is 2. The summed E-state index contributed by atoms with van der Waals surface area (Å²) in [5.74, 6) is 0.430. The summed E-state index contributed by atoms with van der Waals surface area (Å²) in [6.45, 7) is 0.0961. The first kappa shape index (κ1) is 21.5. The molecule has 2 aliphatic rings. The molecule has 166 valence electrons. The Labute approximate surface area is 169 Å². The highest BCUT2D eigenvalue weighted by atomic mass is 31.2. The summed E-state index contributed by atoms with van der Waals surface area (Å²) in [5.41, 5.74) is -0.250. The van der Waals surface area contributed by atoms with Crippen LogP contribution in [0.15, 0.2) is 11.1 Å². The van der Waals surface area contributed by atoms with Gasteiger partial charge in [-0.15, -0.1) is 0 Å². The maximum absolute atomic E-state index is 12.4. The van der Waals surface area contributed by atoms with Crippen LogP contribution in [0.2, 0.25) is 0 Å². The number of aliphatic hydroxyl groups is 2. The van der Waals surface area contributed by atoms with Crippen molar-refractivity contribution in [1.29, 1.82) is 0 Å². The van der Waals surface area contributed by atoms with Gasteiger partial charge in [0, 0.05) is 13.0 Å². The highest BCUT2D eigenvalue weighted by Gasteiger charge is 2.45. The number of ether oxygens (including phenoxy) is 2. The molecule has 5 N–H and O–H groups in total. The Morgan fingerprint density at radius 1 is 1.33 bits per heavy atom. The standard InChI is InChI=1S/C16H23N4O9P/c21-12-9(6-28-30(24,25)26)29-16(13(12)22)20-7-17-11-14(20)18-10(19-15(11)23)4-3-8-2-1-5-27-8/h7-9,12-13,16,21-22H,1-6H2,(H,18,19,23)(H2,24,25,26)/t8?,9-,12-,13-,16-/m1/s1. The molecular weight excluding hydrogens is 423 g/mol. The molecule has 4 rings (SSSR count). The first-order valence-corrected chi connectivity index (χ1v) is 11.0. The molecule has 0 spiro atoms. The first-order valence-electron chi connectivity index (χ1n) is 9.52. The number of nitrogens with one attached hydrogen (secondary N) is 1. The zero-order chi connectivity index (χ0) is 21.5. The molecule has 2 aromatic heterocycles. The van der Waals surface area contributed by atoms with Gasteiger partial charge in [0.1, 0.15) is 24.1 Å². The van der Waals surface area contributed by atoms with Crippen LogP contribution in [0.25, 0.3) is 11.2 Å². The fourth-order valence-electron chi connectivity index (χ4n) is 3.71. The minimum Gasteiger partial charge on any atom is -0.387 e.